The van der Waals surface area contributed by atoms with E-state index in [2.05, 4.69) is 4.74 Å². The van der Waals surface area contributed by atoms with Gasteiger partial charge in [0.1, 0.15) is 6.61 Å². The Hall–Kier alpha value is -0.770. The van der Waals surface area contributed by atoms with Gasteiger partial charge in [-0.05, 0) is 6.42 Å². The molecule has 4 heteroatoms. The summed E-state index contributed by atoms with van der Waals surface area (Å²) in [5, 5.41) is 8.85. The topological polar surface area (TPSA) is 55.8 Å². The number of carbonyl (C=O) groups excluding carboxylic acids is 1. The van der Waals surface area contributed by atoms with Crippen LogP contribution in [-0.2, 0) is 9.47 Å². The molecule has 0 saturated heterocycles. The Kier molecular flexibility index (Phi) is 5.46. The Labute approximate surface area is 78.8 Å². The average molecular weight is 190 g/mol. The van der Waals surface area contributed by atoms with Gasteiger partial charge in [-0.2, -0.15) is 0 Å². The van der Waals surface area contributed by atoms with Gasteiger partial charge in [0.05, 0.1) is 13.2 Å². The van der Waals surface area contributed by atoms with Crippen LogP contribution in [0.4, 0.5) is 4.79 Å². The van der Waals surface area contributed by atoms with Gasteiger partial charge in [0.15, 0.2) is 0 Å². The fourth-order valence-electron chi connectivity index (χ4n) is 0.527. The molecule has 13 heavy (non-hydrogen) atoms. The lowest BCUT2D eigenvalue weighted by atomic mass is 9.97. The van der Waals surface area contributed by atoms with Gasteiger partial charge in [-0.1, -0.05) is 20.8 Å². The first kappa shape index (κ1) is 12.2. The van der Waals surface area contributed by atoms with E-state index in [4.69, 9.17) is 9.84 Å². The minimum Gasteiger partial charge on any atom is -0.434 e. The third kappa shape index (κ3) is 6.40. The van der Waals surface area contributed by atoms with Crippen LogP contribution in [0.5, 0.6) is 0 Å². The summed E-state index contributed by atoms with van der Waals surface area (Å²) in [6.45, 7) is 6.05. The molecule has 0 aliphatic rings. The highest BCUT2D eigenvalue weighted by molar-refractivity contribution is 5.59. The molecular formula is C9H18O4. The van der Waals surface area contributed by atoms with Crippen LogP contribution in [0.25, 0.3) is 0 Å². The van der Waals surface area contributed by atoms with Gasteiger partial charge >= 0.3 is 6.16 Å². The molecule has 0 spiro atoms. The third-order valence-electron chi connectivity index (χ3n) is 1.43. The lowest BCUT2D eigenvalue weighted by Gasteiger charge is -2.20. The number of carbonyl (C=O) groups is 1. The molecule has 4 nitrogen and oxygen atoms in total. The minimum absolute atomic E-state index is 0.0198. The SMILES string of the molecule is CCCOC(=O)OCC(C)(C)CO. The second-order valence-corrected chi connectivity index (χ2v) is 3.71. The predicted octanol–water partition coefficient (Wildman–Crippen LogP) is 1.57. The number of rotatable bonds is 5. The van der Waals surface area contributed by atoms with Crippen LogP contribution in [0, 0.1) is 5.41 Å². The van der Waals surface area contributed by atoms with Gasteiger partial charge < -0.3 is 14.6 Å². The molecule has 78 valence electrons. The monoisotopic (exact) mass is 190 g/mol. The van der Waals surface area contributed by atoms with Crippen molar-refractivity contribution in [2.24, 2.45) is 5.41 Å². The maximum atomic E-state index is 10.8. The maximum Gasteiger partial charge on any atom is 0.508 e. The van der Waals surface area contributed by atoms with Crippen LogP contribution >= 0.6 is 0 Å². The molecule has 0 fully saturated rings. The second kappa shape index (κ2) is 5.80. The normalized spacial score (nSPS) is 11.1. The minimum atomic E-state index is -0.664. The first-order valence-corrected chi connectivity index (χ1v) is 4.42. The molecule has 0 unspecified atom stereocenters. The van der Waals surface area contributed by atoms with Crippen molar-refractivity contribution in [1.82, 2.24) is 0 Å². The first-order valence-electron chi connectivity index (χ1n) is 4.42. The molecular weight excluding hydrogens is 172 g/mol. The van der Waals surface area contributed by atoms with Crippen molar-refractivity contribution >= 4 is 6.16 Å². The van der Waals surface area contributed by atoms with Crippen LogP contribution in [0.3, 0.4) is 0 Å². The molecule has 0 aliphatic carbocycles. The van der Waals surface area contributed by atoms with Crippen LogP contribution < -0.4 is 0 Å². The second-order valence-electron chi connectivity index (χ2n) is 3.71. The molecule has 0 radical (unpaired) electrons. The van der Waals surface area contributed by atoms with Crippen molar-refractivity contribution in [3.8, 4) is 0 Å². The molecule has 0 atom stereocenters. The van der Waals surface area contributed by atoms with Gasteiger partial charge in [0.2, 0.25) is 0 Å². The summed E-state index contributed by atoms with van der Waals surface area (Å²) in [6, 6.07) is 0. The van der Waals surface area contributed by atoms with Crippen molar-refractivity contribution in [3.63, 3.8) is 0 Å². The van der Waals surface area contributed by atoms with E-state index in [9.17, 15) is 4.79 Å². The molecule has 0 aromatic carbocycles. The molecule has 0 aromatic heterocycles. The van der Waals surface area contributed by atoms with Crippen molar-refractivity contribution in [2.75, 3.05) is 19.8 Å². The van der Waals surface area contributed by atoms with E-state index < -0.39 is 11.6 Å². The number of hydrogen-bond donors (Lipinski definition) is 1. The van der Waals surface area contributed by atoms with Gasteiger partial charge in [-0.25, -0.2) is 4.79 Å². The fourth-order valence-corrected chi connectivity index (χ4v) is 0.527. The van der Waals surface area contributed by atoms with E-state index in [1.165, 1.54) is 0 Å². The highest BCUT2D eigenvalue weighted by Crippen LogP contribution is 2.13. The molecule has 0 heterocycles. The Morgan fingerprint density at radius 1 is 1.38 bits per heavy atom. The molecule has 0 saturated carbocycles. The van der Waals surface area contributed by atoms with E-state index in [0.29, 0.717) is 6.61 Å². The summed E-state index contributed by atoms with van der Waals surface area (Å²) in [4.78, 5) is 10.8. The molecule has 0 aliphatic heterocycles. The van der Waals surface area contributed by atoms with Crippen LogP contribution in [0.1, 0.15) is 27.2 Å². The number of hydrogen-bond acceptors (Lipinski definition) is 4. The maximum absolute atomic E-state index is 10.8. The highest BCUT2D eigenvalue weighted by Gasteiger charge is 2.19. The summed E-state index contributed by atoms with van der Waals surface area (Å²) < 4.78 is 9.47. The number of aliphatic hydroxyl groups is 1. The predicted molar refractivity (Wildman–Crippen MR) is 48.5 cm³/mol. The Morgan fingerprint density at radius 2 is 2.00 bits per heavy atom. The molecule has 1 N–H and O–H groups in total. The Bertz CT molecular complexity index is 154. The standard InChI is InChI=1S/C9H18O4/c1-4-5-12-8(11)13-7-9(2,3)6-10/h10H,4-7H2,1-3H3. The van der Waals surface area contributed by atoms with E-state index in [0.717, 1.165) is 6.42 Å². The van der Waals surface area contributed by atoms with Gasteiger partial charge in [0.25, 0.3) is 0 Å². The van der Waals surface area contributed by atoms with Crippen molar-refractivity contribution < 1.29 is 19.4 Å². The van der Waals surface area contributed by atoms with E-state index in [1.807, 2.05) is 6.92 Å². The van der Waals surface area contributed by atoms with Gasteiger partial charge in [-0.15, -0.1) is 0 Å². The fraction of sp³-hybridized carbons (Fsp3) is 0.889. The summed E-state index contributed by atoms with van der Waals surface area (Å²) in [7, 11) is 0. The highest BCUT2D eigenvalue weighted by atomic mass is 16.7. The quantitative estimate of drug-likeness (QED) is 0.668. The first-order chi connectivity index (χ1) is 6.02. The smallest absolute Gasteiger partial charge is 0.434 e. The summed E-state index contributed by atoms with van der Waals surface area (Å²) in [6.07, 6.45) is 0.113. The lowest BCUT2D eigenvalue weighted by Crippen LogP contribution is -2.25. The van der Waals surface area contributed by atoms with Crippen molar-refractivity contribution in [2.45, 2.75) is 27.2 Å². The largest absolute Gasteiger partial charge is 0.508 e. The van der Waals surface area contributed by atoms with E-state index in [-0.39, 0.29) is 13.2 Å². The lowest BCUT2D eigenvalue weighted by molar-refractivity contribution is 0.0140. The van der Waals surface area contributed by atoms with E-state index in [1.54, 1.807) is 13.8 Å². The molecule has 0 rings (SSSR count). The molecule has 0 bridgehead atoms. The third-order valence-corrected chi connectivity index (χ3v) is 1.43. The summed E-state index contributed by atoms with van der Waals surface area (Å²) in [5.41, 5.74) is -0.398. The summed E-state index contributed by atoms with van der Waals surface area (Å²) in [5.74, 6) is 0. The van der Waals surface area contributed by atoms with Crippen LogP contribution in [0.2, 0.25) is 0 Å². The molecule has 0 aromatic rings. The zero-order chi connectivity index (χ0) is 10.3. The van der Waals surface area contributed by atoms with Gasteiger partial charge in [-0.3, -0.25) is 0 Å². The zero-order valence-electron chi connectivity index (χ0n) is 8.50. The van der Waals surface area contributed by atoms with Crippen molar-refractivity contribution in [3.05, 3.63) is 0 Å². The van der Waals surface area contributed by atoms with Crippen LogP contribution in [-0.4, -0.2) is 31.1 Å². The molecule has 0 amide bonds. The number of ether oxygens (including phenoxy) is 2. The Balaban J connectivity index is 3.57. The van der Waals surface area contributed by atoms with Crippen molar-refractivity contribution in [1.29, 1.82) is 0 Å². The van der Waals surface area contributed by atoms with E-state index >= 15 is 0 Å². The Morgan fingerprint density at radius 3 is 2.46 bits per heavy atom. The average Bonchev–Trinajstić information content (AvgIpc) is 2.11. The zero-order valence-corrected chi connectivity index (χ0v) is 8.50. The number of aliphatic hydroxyl groups excluding tert-OH is 1. The summed E-state index contributed by atoms with van der Waals surface area (Å²) >= 11 is 0. The van der Waals surface area contributed by atoms with Gasteiger partial charge in [0, 0.05) is 5.41 Å². The van der Waals surface area contributed by atoms with Crippen LogP contribution in [0.15, 0.2) is 0 Å².